The first-order valence-corrected chi connectivity index (χ1v) is 8.44. The molecule has 4 heteroatoms. The van der Waals surface area contributed by atoms with Gasteiger partial charge in [-0.15, -0.1) is 11.3 Å². The van der Waals surface area contributed by atoms with Gasteiger partial charge in [0.2, 0.25) is 0 Å². The lowest BCUT2D eigenvalue weighted by Gasteiger charge is -2.31. The molecule has 4 atom stereocenters. The highest BCUT2D eigenvalue weighted by Crippen LogP contribution is 2.53. The molecule has 1 aromatic rings. The molecule has 0 amide bonds. The van der Waals surface area contributed by atoms with Crippen LogP contribution in [0, 0.1) is 17.8 Å². The largest absolute Gasteiger partial charge is 0.310 e. The first-order chi connectivity index (χ1) is 8.69. The van der Waals surface area contributed by atoms with Crippen molar-refractivity contribution in [2.24, 2.45) is 17.8 Å². The number of nitrogens with one attached hydrogen (secondary N) is 1. The quantitative estimate of drug-likeness (QED) is 0.812. The summed E-state index contributed by atoms with van der Waals surface area (Å²) in [5.74, 6) is 2.62. The molecule has 2 saturated carbocycles. The lowest BCUT2D eigenvalue weighted by molar-refractivity contribution is 0.253. The van der Waals surface area contributed by atoms with Gasteiger partial charge in [-0.05, 0) is 49.6 Å². The fourth-order valence-corrected chi connectivity index (χ4v) is 5.53. The molecular formula is C14H19Cl2NS. The van der Waals surface area contributed by atoms with Crippen LogP contribution in [-0.4, -0.2) is 6.54 Å². The Hall–Kier alpha value is 0.240. The zero-order valence-corrected chi connectivity index (χ0v) is 12.9. The summed E-state index contributed by atoms with van der Waals surface area (Å²) in [5, 5.41) is 3.64. The van der Waals surface area contributed by atoms with Crippen LogP contribution in [0.25, 0.3) is 0 Å². The molecule has 1 aromatic heterocycles. The maximum atomic E-state index is 6.35. The number of halogens is 2. The molecule has 0 spiro atoms. The maximum absolute atomic E-state index is 6.35. The lowest BCUT2D eigenvalue weighted by Crippen LogP contribution is -2.31. The third-order valence-electron chi connectivity index (χ3n) is 4.66. The molecule has 1 heterocycles. The van der Waals surface area contributed by atoms with Crippen LogP contribution >= 0.6 is 34.5 Å². The van der Waals surface area contributed by atoms with E-state index in [4.69, 9.17) is 23.2 Å². The van der Waals surface area contributed by atoms with E-state index in [1.165, 1.54) is 42.6 Å². The number of hydrogen-bond acceptors (Lipinski definition) is 2. The highest BCUT2D eigenvalue weighted by atomic mass is 35.5. The summed E-state index contributed by atoms with van der Waals surface area (Å²) in [6, 6.07) is 2.47. The average Bonchev–Trinajstić information content (AvgIpc) is 3.01. The van der Waals surface area contributed by atoms with Gasteiger partial charge in [-0.3, -0.25) is 0 Å². The fourth-order valence-electron chi connectivity index (χ4n) is 3.98. The molecule has 3 rings (SSSR count). The minimum atomic E-state index is 0.404. The minimum absolute atomic E-state index is 0.404. The van der Waals surface area contributed by atoms with Crippen molar-refractivity contribution in [3.63, 3.8) is 0 Å². The van der Waals surface area contributed by atoms with Crippen molar-refractivity contribution in [2.75, 3.05) is 6.54 Å². The van der Waals surface area contributed by atoms with Crippen LogP contribution in [0.1, 0.15) is 44.2 Å². The van der Waals surface area contributed by atoms with E-state index in [0.29, 0.717) is 6.04 Å². The molecule has 18 heavy (non-hydrogen) atoms. The highest BCUT2D eigenvalue weighted by Gasteiger charge is 2.43. The van der Waals surface area contributed by atoms with Gasteiger partial charge >= 0.3 is 0 Å². The molecule has 2 aliphatic rings. The molecule has 2 bridgehead atoms. The van der Waals surface area contributed by atoms with E-state index in [-0.39, 0.29) is 0 Å². The summed E-state index contributed by atoms with van der Waals surface area (Å²) in [4.78, 5) is 0. The van der Waals surface area contributed by atoms with Crippen LogP contribution in [0.3, 0.4) is 0 Å². The van der Waals surface area contributed by atoms with E-state index in [1.54, 1.807) is 0 Å². The zero-order chi connectivity index (χ0) is 12.7. The first-order valence-electron chi connectivity index (χ1n) is 6.87. The van der Waals surface area contributed by atoms with E-state index in [2.05, 4.69) is 18.3 Å². The van der Waals surface area contributed by atoms with Crippen molar-refractivity contribution in [1.29, 1.82) is 0 Å². The number of fused-ring (bicyclic) bond motifs is 2. The second-order valence-corrected chi connectivity index (χ2v) is 7.94. The lowest BCUT2D eigenvalue weighted by atomic mass is 9.81. The van der Waals surface area contributed by atoms with Crippen LogP contribution in [0.5, 0.6) is 0 Å². The molecule has 0 aliphatic heterocycles. The molecule has 0 saturated heterocycles. The molecule has 100 valence electrons. The molecule has 0 aromatic carbocycles. The van der Waals surface area contributed by atoms with Crippen LogP contribution < -0.4 is 5.32 Å². The van der Waals surface area contributed by atoms with Crippen LogP contribution in [-0.2, 0) is 0 Å². The van der Waals surface area contributed by atoms with Crippen molar-refractivity contribution < 1.29 is 0 Å². The second kappa shape index (κ2) is 5.32. The van der Waals surface area contributed by atoms with Crippen molar-refractivity contribution in [1.82, 2.24) is 5.32 Å². The Morgan fingerprint density at radius 2 is 2.22 bits per heavy atom. The predicted octanol–water partition coefficient (Wildman–Crippen LogP) is 5.14. The fraction of sp³-hybridized carbons (Fsp3) is 0.714. The SMILES string of the molecule is CCNC(c1cc(Cl)sc1Cl)C1CC2CCC1C2. The third-order valence-corrected chi connectivity index (χ3v) is 6.18. The van der Waals surface area contributed by atoms with Gasteiger partial charge in [0.25, 0.3) is 0 Å². The van der Waals surface area contributed by atoms with Crippen LogP contribution in [0.4, 0.5) is 0 Å². The highest BCUT2D eigenvalue weighted by molar-refractivity contribution is 7.20. The maximum Gasteiger partial charge on any atom is 0.0992 e. The summed E-state index contributed by atoms with van der Waals surface area (Å²) < 4.78 is 1.68. The summed E-state index contributed by atoms with van der Waals surface area (Å²) in [7, 11) is 0. The third kappa shape index (κ3) is 2.33. The van der Waals surface area contributed by atoms with Gasteiger partial charge in [0.05, 0.1) is 8.67 Å². The van der Waals surface area contributed by atoms with Gasteiger partial charge in [0, 0.05) is 11.6 Å². The Labute approximate surface area is 123 Å². The van der Waals surface area contributed by atoms with E-state index in [9.17, 15) is 0 Å². The smallest absolute Gasteiger partial charge is 0.0992 e. The van der Waals surface area contributed by atoms with Gasteiger partial charge in [0.1, 0.15) is 0 Å². The number of thiophene rings is 1. The Balaban J connectivity index is 1.86. The molecule has 2 aliphatic carbocycles. The van der Waals surface area contributed by atoms with E-state index < -0.39 is 0 Å². The number of rotatable bonds is 4. The Kier molecular flexibility index (Phi) is 3.91. The van der Waals surface area contributed by atoms with Crippen LogP contribution in [0.15, 0.2) is 6.07 Å². The molecule has 1 nitrogen and oxygen atoms in total. The first kappa shape index (κ1) is 13.2. The van der Waals surface area contributed by atoms with Gasteiger partial charge in [-0.1, -0.05) is 36.5 Å². The second-order valence-electron chi connectivity index (χ2n) is 5.65. The predicted molar refractivity (Wildman–Crippen MR) is 79.7 cm³/mol. The van der Waals surface area contributed by atoms with Gasteiger partial charge in [0.15, 0.2) is 0 Å². The minimum Gasteiger partial charge on any atom is -0.310 e. The molecule has 4 unspecified atom stereocenters. The van der Waals surface area contributed by atoms with Crippen molar-refractivity contribution in [2.45, 2.75) is 38.6 Å². The molecule has 1 N–H and O–H groups in total. The molecular weight excluding hydrogens is 285 g/mol. The summed E-state index contributed by atoms with van der Waals surface area (Å²) >= 11 is 13.9. The Morgan fingerprint density at radius 1 is 1.39 bits per heavy atom. The Morgan fingerprint density at radius 3 is 2.72 bits per heavy atom. The number of hydrogen-bond donors (Lipinski definition) is 1. The normalized spacial score (nSPS) is 32.1. The summed E-state index contributed by atoms with van der Waals surface area (Å²) in [5.41, 5.74) is 1.23. The summed E-state index contributed by atoms with van der Waals surface area (Å²) in [6.45, 7) is 3.16. The molecule has 2 fully saturated rings. The van der Waals surface area contributed by atoms with Gasteiger partial charge in [-0.25, -0.2) is 0 Å². The van der Waals surface area contributed by atoms with E-state index in [0.717, 1.165) is 33.0 Å². The van der Waals surface area contributed by atoms with E-state index in [1.807, 2.05) is 0 Å². The molecule has 0 radical (unpaired) electrons. The van der Waals surface area contributed by atoms with Crippen molar-refractivity contribution >= 4 is 34.5 Å². The Bertz CT molecular complexity index is 431. The summed E-state index contributed by atoms with van der Waals surface area (Å²) in [6.07, 6.45) is 5.65. The van der Waals surface area contributed by atoms with Gasteiger partial charge < -0.3 is 5.32 Å². The zero-order valence-electron chi connectivity index (χ0n) is 10.6. The topological polar surface area (TPSA) is 12.0 Å². The van der Waals surface area contributed by atoms with Crippen LogP contribution in [0.2, 0.25) is 8.67 Å². The van der Waals surface area contributed by atoms with Gasteiger partial charge in [-0.2, -0.15) is 0 Å². The van der Waals surface area contributed by atoms with E-state index >= 15 is 0 Å². The average molecular weight is 304 g/mol. The van der Waals surface area contributed by atoms with Crippen molar-refractivity contribution in [3.8, 4) is 0 Å². The standard InChI is InChI=1S/C14H19Cl2NS/c1-2-17-13(11-7-12(15)18-14(11)16)10-6-8-3-4-9(10)5-8/h7-10,13,17H,2-6H2,1H3. The monoisotopic (exact) mass is 303 g/mol. The van der Waals surface area contributed by atoms with Crippen molar-refractivity contribution in [3.05, 3.63) is 20.3 Å².